The summed E-state index contributed by atoms with van der Waals surface area (Å²) in [6.07, 6.45) is 3.22. The molecule has 1 aliphatic rings. The van der Waals surface area contributed by atoms with E-state index >= 15 is 0 Å². The van der Waals surface area contributed by atoms with E-state index in [4.69, 9.17) is 9.15 Å². The Morgan fingerprint density at radius 2 is 1.68 bits per heavy atom. The van der Waals surface area contributed by atoms with Gasteiger partial charge in [0.25, 0.3) is 5.91 Å². The van der Waals surface area contributed by atoms with E-state index in [1.165, 1.54) is 0 Å². The summed E-state index contributed by atoms with van der Waals surface area (Å²) in [4.78, 5) is 29.5. The van der Waals surface area contributed by atoms with Crippen molar-refractivity contribution >= 4 is 16.9 Å². The lowest BCUT2D eigenvalue weighted by molar-refractivity contribution is 0.0714. The molecule has 37 heavy (non-hydrogen) atoms. The molecule has 0 bridgehead atoms. The minimum Gasteiger partial charge on any atom is -0.494 e. The number of carbonyl (C=O) groups excluding carboxylic acids is 1. The van der Waals surface area contributed by atoms with E-state index in [9.17, 15) is 9.59 Å². The first kappa shape index (κ1) is 24.8. The molecule has 2 heterocycles. The van der Waals surface area contributed by atoms with Gasteiger partial charge in [-0.25, -0.2) is 0 Å². The number of carbonyl (C=O) groups is 1. The van der Waals surface area contributed by atoms with Crippen molar-refractivity contribution in [1.82, 2.24) is 4.90 Å². The van der Waals surface area contributed by atoms with E-state index in [-0.39, 0.29) is 17.1 Å². The minimum absolute atomic E-state index is 0.132. The zero-order valence-electron chi connectivity index (χ0n) is 22.0. The standard InChI is InChI=1S/C32H33NO4/c1-5-6-7-15-36-25-10-8-9-24(18-25)29-28-30(34)26-16-21(3)22(4)17-27(26)37-31(28)32(35)33(29)19-23-13-11-20(2)12-14-23/h8-14,16-18,29H,5-7,15,19H2,1-4H3. The minimum atomic E-state index is -0.565. The SMILES string of the molecule is CCCCCOc1cccc(C2c3c(oc4cc(C)c(C)cc4c3=O)C(=O)N2Cc2ccc(C)cc2)c1. The third-order valence-electron chi connectivity index (χ3n) is 7.25. The van der Waals surface area contributed by atoms with Gasteiger partial charge in [-0.3, -0.25) is 9.59 Å². The van der Waals surface area contributed by atoms with Crippen molar-refractivity contribution in [2.45, 2.75) is 59.5 Å². The molecule has 4 aromatic rings. The normalized spacial score (nSPS) is 14.9. The molecule has 0 radical (unpaired) electrons. The number of ether oxygens (including phenoxy) is 1. The van der Waals surface area contributed by atoms with Crippen molar-refractivity contribution < 1.29 is 13.9 Å². The van der Waals surface area contributed by atoms with E-state index in [0.29, 0.717) is 29.7 Å². The van der Waals surface area contributed by atoms with Gasteiger partial charge in [0.05, 0.1) is 23.6 Å². The van der Waals surface area contributed by atoms with Crippen LogP contribution in [0.4, 0.5) is 0 Å². The summed E-state index contributed by atoms with van der Waals surface area (Å²) < 4.78 is 12.2. The molecule has 5 heteroatoms. The van der Waals surface area contributed by atoms with Gasteiger partial charge in [-0.15, -0.1) is 0 Å². The zero-order chi connectivity index (χ0) is 26.1. The highest BCUT2D eigenvalue weighted by Gasteiger charge is 2.42. The maximum Gasteiger partial charge on any atom is 0.291 e. The summed E-state index contributed by atoms with van der Waals surface area (Å²) in [6, 6.07) is 19.0. The average molecular weight is 496 g/mol. The molecule has 0 aliphatic carbocycles. The number of hydrogen-bond donors (Lipinski definition) is 0. The van der Waals surface area contributed by atoms with Crippen LogP contribution in [-0.4, -0.2) is 17.4 Å². The molecule has 1 amide bonds. The summed E-state index contributed by atoms with van der Waals surface area (Å²) in [6.45, 7) is 9.15. The van der Waals surface area contributed by atoms with E-state index < -0.39 is 6.04 Å². The van der Waals surface area contributed by atoms with Crippen LogP contribution in [-0.2, 0) is 6.54 Å². The summed E-state index contributed by atoms with van der Waals surface area (Å²) in [5.74, 6) is 0.598. The zero-order valence-corrected chi connectivity index (χ0v) is 22.0. The number of benzene rings is 3. The first-order chi connectivity index (χ1) is 17.9. The quantitative estimate of drug-likeness (QED) is 0.246. The van der Waals surface area contributed by atoms with Crippen molar-refractivity contribution in [2.24, 2.45) is 0 Å². The second kappa shape index (κ2) is 10.3. The third-order valence-corrected chi connectivity index (χ3v) is 7.25. The highest BCUT2D eigenvalue weighted by atomic mass is 16.5. The molecule has 0 N–H and O–H groups in total. The van der Waals surface area contributed by atoms with Crippen LogP contribution in [0.2, 0.25) is 0 Å². The number of hydrogen-bond acceptors (Lipinski definition) is 4. The van der Waals surface area contributed by atoms with Crippen molar-refractivity contribution in [3.05, 3.63) is 110 Å². The van der Waals surface area contributed by atoms with Crippen LogP contribution >= 0.6 is 0 Å². The van der Waals surface area contributed by atoms with Gasteiger partial charge in [0.1, 0.15) is 11.3 Å². The molecule has 3 aromatic carbocycles. The van der Waals surface area contributed by atoms with Gasteiger partial charge >= 0.3 is 0 Å². The number of nitrogens with zero attached hydrogens (tertiary/aromatic N) is 1. The van der Waals surface area contributed by atoms with Gasteiger partial charge in [-0.2, -0.15) is 0 Å². The monoisotopic (exact) mass is 495 g/mol. The summed E-state index contributed by atoms with van der Waals surface area (Å²) in [5, 5.41) is 0.504. The first-order valence-electron chi connectivity index (χ1n) is 13.0. The molecule has 5 rings (SSSR count). The van der Waals surface area contributed by atoms with E-state index in [1.54, 1.807) is 4.90 Å². The van der Waals surface area contributed by atoms with Crippen LogP contribution in [0.5, 0.6) is 5.75 Å². The van der Waals surface area contributed by atoms with Gasteiger partial charge < -0.3 is 14.1 Å². The molecule has 5 nitrogen and oxygen atoms in total. The van der Waals surface area contributed by atoms with E-state index in [1.807, 2.05) is 81.4 Å². The molecule has 1 unspecified atom stereocenters. The van der Waals surface area contributed by atoms with Gasteiger partial charge in [-0.05, 0) is 73.7 Å². The molecule has 0 saturated heterocycles. The highest BCUT2D eigenvalue weighted by Crippen LogP contribution is 2.40. The average Bonchev–Trinajstić information content (AvgIpc) is 3.16. The number of rotatable bonds is 8. The second-order valence-electron chi connectivity index (χ2n) is 10.1. The maximum atomic E-state index is 13.9. The molecule has 0 spiro atoms. The lowest BCUT2D eigenvalue weighted by atomic mass is 9.97. The third kappa shape index (κ3) is 4.78. The Morgan fingerprint density at radius 3 is 2.43 bits per heavy atom. The summed E-state index contributed by atoms with van der Waals surface area (Å²) in [7, 11) is 0. The molecule has 1 aliphatic heterocycles. The van der Waals surface area contributed by atoms with Gasteiger partial charge in [-0.1, -0.05) is 61.7 Å². The Bertz CT molecular complexity index is 1520. The molecule has 190 valence electrons. The number of unbranched alkanes of at least 4 members (excludes halogenated alkanes) is 2. The highest BCUT2D eigenvalue weighted by molar-refractivity contribution is 5.99. The fourth-order valence-corrected chi connectivity index (χ4v) is 4.99. The lowest BCUT2D eigenvalue weighted by Gasteiger charge is -2.25. The first-order valence-corrected chi connectivity index (χ1v) is 13.0. The number of fused-ring (bicyclic) bond motifs is 2. The van der Waals surface area contributed by atoms with E-state index in [2.05, 4.69) is 6.92 Å². The topological polar surface area (TPSA) is 59.8 Å². The Kier molecular flexibility index (Phi) is 6.88. The maximum absolute atomic E-state index is 13.9. The van der Waals surface area contributed by atoms with Crippen LogP contribution in [0.25, 0.3) is 11.0 Å². The molecular formula is C32H33NO4. The fraction of sp³-hybridized carbons (Fsp3) is 0.312. The molecule has 1 atom stereocenters. The largest absolute Gasteiger partial charge is 0.494 e. The van der Waals surface area contributed by atoms with Crippen molar-refractivity contribution in [3.8, 4) is 5.75 Å². The van der Waals surface area contributed by atoms with Crippen LogP contribution in [0.15, 0.2) is 69.9 Å². The Balaban J connectivity index is 1.63. The second-order valence-corrected chi connectivity index (χ2v) is 10.1. The van der Waals surface area contributed by atoms with Gasteiger partial charge in [0, 0.05) is 6.54 Å². The molecule has 1 aromatic heterocycles. The van der Waals surface area contributed by atoms with Crippen molar-refractivity contribution in [2.75, 3.05) is 6.61 Å². The Labute approximate surface area is 217 Å². The smallest absolute Gasteiger partial charge is 0.291 e. The van der Waals surface area contributed by atoms with Crippen LogP contribution < -0.4 is 10.2 Å². The fourth-order valence-electron chi connectivity index (χ4n) is 4.99. The molecule has 0 saturated carbocycles. The number of aryl methyl sites for hydroxylation is 3. The number of amides is 1. The van der Waals surface area contributed by atoms with Crippen LogP contribution in [0.1, 0.15) is 76.2 Å². The Hall–Kier alpha value is -3.86. The van der Waals surface area contributed by atoms with Crippen molar-refractivity contribution in [3.63, 3.8) is 0 Å². The Morgan fingerprint density at radius 1 is 0.919 bits per heavy atom. The van der Waals surface area contributed by atoms with Gasteiger partial charge in [0.15, 0.2) is 5.43 Å². The van der Waals surface area contributed by atoms with Crippen LogP contribution in [0, 0.1) is 20.8 Å². The predicted octanol–water partition coefficient (Wildman–Crippen LogP) is 7.03. The van der Waals surface area contributed by atoms with Crippen molar-refractivity contribution in [1.29, 1.82) is 0 Å². The molecule has 0 fully saturated rings. The predicted molar refractivity (Wildman–Crippen MR) is 146 cm³/mol. The van der Waals surface area contributed by atoms with Crippen LogP contribution in [0.3, 0.4) is 0 Å². The summed E-state index contributed by atoms with van der Waals surface area (Å²) in [5.41, 5.74) is 5.70. The lowest BCUT2D eigenvalue weighted by Crippen LogP contribution is -2.29. The molecular weight excluding hydrogens is 462 g/mol. The van der Waals surface area contributed by atoms with Gasteiger partial charge in [0.2, 0.25) is 5.76 Å². The summed E-state index contributed by atoms with van der Waals surface area (Å²) >= 11 is 0. The van der Waals surface area contributed by atoms with E-state index in [0.717, 1.165) is 52.8 Å².